The molecule has 2 unspecified atom stereocenters. The minimum Gasteiger partial charge on any atom is -0.492 e. The fourth-order valence-corrected chi connectivity index (χ4v) is 4.39. The second-order valence-electron chi connectivity index (χ2n) is 8.10. The molecule has 31 heavy (non-hydrogen) atoms. The van der Waals surface area contributed by atoms with Gasteiger partial charge >= 0.3 is 0 Å². The second-order valence-corrected chi connectivity index (χ2v) is 8.10. The van der Waals surface area contributed by atoms with Crippen LogP contribution in [0.1, 0.15) is 36.8 Å². The Morgan fingerprint density at radius 1 is 1.03 bits per heavy atom. The zero-order valence-corrected chi connectivity index (χ0v) is 18.7. The first kappa shape index (κ1) is 21.2. The van der Waals surface area contributed by atoms with Gasteiger partial charge in [0.2, 0.25) is 0 Å². The van der Waals surface area contributed by atoms with Crippen molar-refractivity contribution >= 4 is 5.91 Å². The smallest absolute Gasteiger partial charge is 0.255 e. The number of morpholine rings is 1. The third-order valence-corrected chi connectivity index (χ3v) is 5.66. The molecule has 0 radical (unpaired) electrons. The molecule has 162 valence electrons. The van der Waals surface area contributed by atoms with Crippen molar-refractivity contribution in [1.29, 1.82) is 0 Å². The lowest BCUT2D eigenvalue weighted by Gasteiger charge is -2.35. The first-order valence-electron chi connectivity index (χ1n) is 10.9. The maximum absolute atomic E-state index is 13.6. The molecule has 2 aromatic carbocycles. The van der Waals surface area contributed by atoms with Crippen LogP contribution in [0, 0.1) is 6.92 Å². The Bertz CT molecular complexity index is 1050. The molecule has 5 nitrogen and oxygen atoms in total. The Balaban J connectivity index is 1.85. The largest absolute Gasteiger partial charge is 0.492 e. The van der Waals surface area contributed by atoms with E-state index in [0.717, 1.165) is 28.4 Å². The summed E-state index contributed by atoms with van der Waals surface area (Å²) < 4.78 is 13.9. The highest BCUT2D eigenvalue weighted by Crippen LogP contribution is 2.34. The molecule has 0 saturated carbocycles. The molecular formula is C26H30N2O3. The van der Waals surface area contributed by atoms with Crippen molar-refractivity contribution < 1.29 is 14.3 Å². The predicted octanol–water partition coefficient (Wildman–Crippen LogP) is 5.10. The lowest BCUT2D eigenvalue weighted by atomic mass is 10.1. The van der Waals surface area contributed by atoms with Gasteiger partial charge in [-0.2, -0.15) is 0 Å². The van der Waals surface area contributed by atoms with E-state index in [2.05, 4.69) is 16.7 Å². The van der Waals surface area contributed by atoms with Gasteiger partial charge < -0.3 is 18.9 Å². The van der Waals surface area contributed by atoms with Gasteiger partial charge in [-0.3, -0.25) is 4.79 Å². The molecule has 1 aromatic heterocycles. The van der Waals surface area contributed by atoms with Gasteiger partial charge in [-0.25, -0.2) is 0 Å². The highest BCUT2D eigenvalue weighted by atomic mass is 16.5. The summed E-state index contributed by atoms with van der Waals surface area (Å²) in [6.07, 6.45) is 0.0599. The topological polar surface area (TPSA) is 43.7 Å². The number of nitrogens with zero attached hydrogens (tertiary/aromatic N) is 2. The lowest BCUT2D eigenvalue weighted by molar-refractivity contribution is -0.0586. The number of amides is 1. The predicted molar refractivity (Wildman–Crippen MR) is 123 cm³/mol. The normalized spacial score (nSPS) is 18.8. The second kappa shape index (κ2) is 8.98. The number of benzene rings is 2. The summed E-state index contributed by atoms with van der Waals surface area (Å²) >= 11 is 0. The van der Waals surface area contributed by atoms with Crippen molar-refractivity contribution in [3.63, 3.8) is 0 Å². The molecule has 1 amide bonds. The number of hydrogen-bond acceptors (Lipinski definition) is 3. The number of para-hydroxylation sites is 2. The van der Waals surface area contributed by atoms with Crippen molar-refractivity contribution in [2.24, 2.45) is 0 Å². The first-order chi connectivity index (χ1) is 15.0. The van der Waals surface area contributed by atoms with E-state index in [4.69, 9.17) is 9.47 Å². The molecule has 5 heteroatoms. The summed E-state index contributed by atoms with van der Waals surface area (Å²) in [6, 6.07) is 20.2. The summed E-state index contributed by atoms with van der Waals surface area (Å²) in [4.78, 5) is 15.5. The first-order valence-corrected chi connectivity index (χ1v) is 10.9. The van der Waals surface area contributed by atoms with E-state index < -0.39 is 0 Å². The Hall–Kier alpha value is -3.05. The van der Waals surface area contributed by atoms with E-state index in [9.17, 15) is 4.79 Å². The van der Waals surface area contributed by atoms with Crippen molar-refractivity contribution in [2.75, 3.05) is 19.7 Å². The van der Waals surface area contributed by atoms with E-state index in [0.29, 0.717) is 25.3 Å². The van der Waals surface area contributed by atoms with Crippen LogP contribution in [0.15, 0.2) is 60.7 Å². The van der Waals surface area contributed by atoms with E-state index in [1.807, 2.05) is 81.1 Å². The number of rotatable bonds is 5. The van der Waals surface area contributed by atoms with Gasteiger partial charge in [-0.15, -0.1) is 0 Å². The van der Waals surface area contributed by atoms with Crippen LogP contribution in [-0.4, -0.2) is 47.3 Å². The molecule has 1 aliphatic heterocycles. The van der Waals surface area contributed by atoms with Crippen LogP contribution < -0.4 is 4.74 Å². The lowest BCUT2D eigenvalue weighted by Crippen LogP contribution is -2.48. The van der Waals surface area contributed by atoms with Crippen molar-refractivity contribution in [3.8, 4) is 22.7 Å². The van der Waals surface area contributed by atoms with E-state index >= 15 is 0 Å². The zero-order chi connectivity index (χ0) is 22.0. The molecule has 0 bridgehead atoms. The third-order valence-electron chi connectivity index (χ3n) is 5.66. The van der Waals surface area contributed by atoms with Crippen molar-refractivity contribution in [1.82, 2.24) is 9.47 Å². The minimum absolute atomic E-state index is 0.0300. The number of carbonyl (C=O) groups excluding carboxylic acids is 1. The summed E-state index contributed by atoms with van der Waals surface area (Å²) in [5.41, 5.74) is 4.58. The molecule has 1 saturated heterocycles. The summed E-state index contributed by atoms with van der Waals surface area (Å²) in [7, 11) is 0. The SMILES string of the molecule is CCOc1ccccc1-n1c(-c2ccccc2)cc(C(=O)N2CC(C)OC(C)C2)c1C. The van der Waals surface area contributed by atoms with Crippen molar-refractivity contribution in [2.45, 2.75) is 39.9 Å². The van der Waals surface area contributed by atoms with Gasteiger partial charge in [0.25, 0.3) is 5.91 Å². The van der Waals surface area contributed by atoms with Crippen molar-refractivity contribution in [3.05, 3.63) is 71.9 Å². The highest BCUT2D eigenvalue weighted by molar-refractivity contribution is 5.97. The van der Waals surface area contributed by atoms with Gasteiger partial charge in [0.1, 0.15) is 5.75 Å². The molecule has 2 atom stereocenters. The molecule has 1 fully saturated rings. The number of ether oxygens (including phenoxy) is 2. The number of hydrogen-bond donors (Lipinski definition) is 0. The van der Waals surface area contributed by atoms with Crippen LogP contribution in [-0.2, 0) is 4.74 Å². The van der Waals surface area contributed by atoms with Crippen LogP contribution in [0.3, 0.4) is 0 Å². The molecule has 2 heterocycles. The van der Waals surface area contributed by atoms with E-state index in [1.165, 1.54) is 0 Å². The van der Waals surface area contributed by atoms with Crippen LogP contribution >= 0.6 is 0 Å². The standard InChI is InChI=1S/C26H30N2O3/c1-5-30-25-14-10-9-13-23(25)28-20(4)22(15-24(28)21-11-7-6-8-12-21)26(29)27-16-18(2)31-19(3)17-27/h6-15,18-19H,5,16-17H2,1-4H3. The van der Waals surface area contributed by atoms with Gasteiger partial charge in [0, 0.05) is 18.8 Å². The van der Waals surface area contributed by atoms with Gasteiger partial charge in [-0.1, -0.05) is 42.5 Å². The third kappa shape index (κ3) is 4.23. The van der Waals surface area contributed by atoms with E-state index in [-0.39, 0.29) is 18.1 Å². The van der Waals surface area contributed by atoms with Gasteiger partial charge in [0.15, 0.2) is 0 Å². The van der Waals surface area contributed by atoms with Crippen LogP contribution in [0.25, 0.3) is 16.9 Å². The molecule has 1 aliphatic rings. The van der Waals surface area contributed by atoms with Crippen LogP contribution in [0.4, 0.5) is 0 Å². The maximum Gasteiger partial charge on any atom is 0.255 e. The average molecular weight is 419 g/mol. The summed E-state index contributed by atoms with van der Waals surface area (Å²) in [5.74, 6) is 0.845. The highest BCUT2D eigenvalue weighted by Gasteiger charge is 2.30. The summed E-state index contributed by atoms with van der Waals surface area (Å²) in [6.45, 7) is 9.80. The maximum atomic E-state index is 13.6. The summed E-state index contributed by atoms with van der Waals surface area (Å²) in [5, 5.41) is 0. The fraction of sp³-hybridized carbons (Fsp3) is 0.346. The van der Waals surface area contributed by atoms with Gasteiger partial charge in [-0.05, 0) is 51.5 Å². The Morgan fingerprint density at radius 2 is 1.68 bits per heavy atom. The quantitative estimate of drug-likeness (QED) is 0.579. The Morgan fingerprint density at radius 3 is 2.35 bits per heavy atom. The number of aromatic nitrogens is 1. The molecule has 0 aliphatic carbocycles. The number of carbonyl (C=O) groups is 1. The van der Waals surface area contributed by atoms with Crippen LogP contribution in [0.5, 0.6) is 5.75 Å². The fourth-order valence-electron chi connectivity index (χ4n) is 4.39. The Labute approximate surface area is 184 Å². The molecule has 4 rings (SSSR count). The zero-order valence-electron chi connectivity index (χ0n) is 18.7. The molecule has 0 N–H and O–H groups in total. The monoisotopic (exact) mass is 418 g/mol. The van der Waals surface area contributed by atoms with E-state index in [1.54, 1.807) is 0 Å². The van der Waals surface area contributed by atoms with Gasteiger partial charge in [0.05, 0.1) is 35.8 Å². The average Bonchev–Trinajstić information content (AvgIpc) is 3.11. The molecule has 3 aromatic rings. The minimum atomic E-state index is 0.0300. The molecule has 0 spiro atoms. The Kier molecular flexibility index (Phi) is 6.14. The molecular weight excluding hydrogens is 388 g/mol. The van der Waals surface area contributed by atoms with Crippen LogP contribution in [0.2, 0.25) is 0 Å².